The zero-order valence-corrected chi connectivity index (χ0v) is 12.5. The fraction of sp³-hybridized carbons (Fsp3) is 0.500. The van der Waals surface area contributed by atoms with Crippen molar-refractivity contribution in [1.82, 2.24) is 4.90 Å². The predicted molar refractivity (Wildman–Crippen MR) is 75.1 cm³/mol. The Morgan fingerprint density at radius 3 is 2.33 bits per heavy atom. The molecule has 2 rings (SSSR count). The number of amides is 1. The topological polar surface area (TPSA) is 81.9 Å². The molecule has 114 valence electrons. The van der Waals surface area contributed by atoms with E-state index in [0.29, 0.717) is 13.1 Å². The summed E-state index contributed by atoms with van der Waals surface area (Å²) in [6, 6.07) is 3.07. The highest BCUT2D eigenvalue weighted by atomic mass is 16.6. The second-order valence-electron chi connectivity index (χ2n) is 5.89. The third-order valence-electron chi connectivity index (χ3n) is 3.07. The first-order chi connectivity index (χ1) is 9.71. The molecule has 0 fully saturated rings. The first-order valence-electron chi connectivity index (χ1n) is 6.53. The second-order valence-corrected chi connectivity index (χ2v) is 5.89. The van der Waals surface area contributed by atoms with E-state index in [-0.39, 0.29) is 11.4 Å². The zero-order valence-electron chi connectivity index (χ0n) is 12.5. The standard InChI is InChI=1S/C14H18N2O5/c1-14(2,3)21-13(17)15-7-9-5-11(16(18)19)12(20-4)6-10(9)8-15/h5-6H,7-8H2,1-4H3. The Bertz CT molecular complexity index is 592. The van der Waals surface area contributed by atoms with Crippen LogP contribution in [0, 0.1) is 10.1 Å². The number of hydrogen-bond donors (Lipinski definition) is 0. The van der Waals surface area contributed by atoms with E-state index < -0.39 is 16.6 Å². The average molecular weight is 294 g/mol. The van der Waals surface area contributed by atoms with Crippen molar-refractivity contribution >= 4 is 11.8 Å². The summed E-state index contributed by atoms with van der Waals surface area (Å²) in [4.78, 5) is 24.1. The molecule has 1 heterocycles. The zero-order chi connectivity index (χ0) is 15.8. The first kappa shape index (κ1) is 15.1. The summed E-state index contributed by atoms with van der Waals surface area (Å²) < 4.78 is 10.3. The van der Waals surface area contributed by atoms with Crippen LogP contribution in [-0.2, 0) is 17.8 Å². The van der Waals surface area contributed by atoms with Crippen LogP contribution in [-0.4, -0.2) is 28.6 Å². The molecule has 7 heteroatoms. The Labute approximate surface area is 122 Å². The van der Waals surface area contributed by atoms with E-state index in [4.69, 9.17) is 9.47 Å². The molecule has 7 nitrogen and oxygen atoms in total. The molecule has 0 aromatic heterocycles. The summed E-state index contributed by atoms with van der Waals surface area (Å²) in [5, 5.41) is 11.0. The van der Waals surface area contributed by atoms with E-state index >= 15 is 0 Å². The highest BCUT2D eigenvalue weighted by Crippen LogP contribution is 2.35. The highest BCUT2D eigenvalue weighted by molar-refractivity contribution is 5.70. The van der Waals surface area contributed by atoms with Crippen molar-refractivity contribution in [2.45, 2.75) is 39.5 Å². The first-order valence-corrected chi connectivity index (χ1v) is 6.53. The van der Waals surface area contributed by atoms with E-state index in [2.05, 4.69) is 0 Å². The number of nitro groups is 1. The fourth-order valence-electron chi connectivity index (χ4n) is 2.18. The lowest BCUT2D eigenvalue weighted by molar-refractivity contribution is -0.385. The summed E-state index contributed by atoms with van der Waals surface area (Å²) >= 11 is 0. The van der Waals surface area contributed by atoms with Crippen LogP contribution in [0.3, 0.4) is 0 Å². The van der Waals surface area contributed by atoms with Crippen molar-refractivity contribution in [3.63, 3.8) is 0 Å². The van der Waals surface area contributed by atoms with Gasteiger partial charge in [0.1, 0.15) is 5.60 Å². The maximum Gasteiger partial charge on any atom is 0.410 e. The number of carbonyl (C=O) groups excluding carboxylic acids is 1. The summed E-state index contributed by atoms with van der Waals surface area (Å²) in [6.45, 7) is 6.04. The molecule has 0 N–H and O–H groups in total. The molecule has 1 amide bonds. The molecule has 0 bridgehead atoms. The van der Waals surface area contributed by atoms with Crippen LogP contribution in [0.1, 0.15) is 31.9 Å². The number of methoxy groups -OCH3 is 1. The van der Waals surface area contributed by atoms with Crippen molar-refractivity contribution in [3.8, 4) is 5.75 Å². The predicted octanol–water partition coefficient (Wildman–Crippen LogP) is 2.85. The Balaban J connectivity index is 2.23. The van der Waals surface area contributed by atoms with Crippen LogP contribution >= 0.6 is 0 Å². The maximum atomic E-state index is 12.0. The van der Waals surface area contributed by atoms with Gasteiger partial charge in [-0.2, -0.15) is 0 Å². The molecule has 0 unspecified atom stereocenters. The van der Waals surface area contributed by atoms with Gasteiger partial charge in [-0.15, -0.1) is 0 Å². The second kappa shape index (κ2) is 5.23. The molecular weight excluding hydrogens is 276 g/mol. The number of rotatable bonds is 2. The Hall–Kier alpha value is -2.31. The van der Waals surface area contributed by atoms with Crippen molar-refractivity contribution in [1.29, 1.82) is 0 Å². The lowest BCUT2D eigenvalue weighted by Gasteiger charge is -2.24. The Morgan fingerprint density at radius 2 is 1.86 bits per heavy atom. The van der Waals surface area contributed by atoms with Gasteiger partial charge in [-0.25, -0.2) is 4.79 Å². The Kier molecular flexibility index (Phi) is 3.76. The van der Waals surface area contributed by atoms with E-state index in [1.165, 1.54) is 18.1 Å². The molecule has 0 saturated heterocycles. The maximum absolute atomic E-state index is 12.0. The SMILES string of the molecule is COc1cc2c(cc1[N+](=O)[O-])CN(C(=O)OC(C)(C)C)C2. The van der Waals surface area contributed by atoms with Crippen LogP contribution < -0.4 is 4.74 Å². The molecule has 1 aliphatic heterocycles. The van der Waals surface area contributed by atoms with E-state index in [1.54, 1.807) is 26.8 Å². The van der Waals surface area contributed by atoms with Gasteiger partial charge in [0.05, 0.1) is 12.0 Å². The van der Waals surface area contributed by atoms with Crippen molar-refractivity contribution < 1.29 is 19.2 Å². The normalized spacial score (nSPS) is 13.8. The molecule has 0 spiro atoms. The molecule has 0 saturated carbocycles. The minimum atomic E-state index is -0.574. The third-order valence-corrected chi connectivity index (χ3v) is 3.07. The number of benzene rings is 1. The molecule has 1 aromatic rings. The molecule has 0 aliphatic carbocycles. The number of fused-ring (bicyclic) bond motifs is 1. The average Bonchev–Trinajstić information content (AvgIpc) is 2.77. The van der Waals surface area contributed by atoms with E-state index in [0.717, 1.165) is 11.1 Å². The number of ether oxygens (including phenoxy) is 2. The molecule has 1 aromatic carbocycles. The van der Waals surface area contributed by atoms with Gasteiger partial charge in [0.15, 0.2) is 5.75 Å². The van der Waals surface area contributed by atoms with E-state index in [1.807, 2.05) is 0 Å². The van der Waals surface area contributed by atoms with Gasteiger partial charge >= 0.3 is 11.8 Å². The van der Waals surface area contributed by atoms with Gasteiger partial charge < -0.3 is 9.47 Å². The van der Waals surface area contributed by atoms with Gasteiger partial charge in [0.25, 0.3) is 0 Å². The number of nitro benzene ring substituents is 1. The van der Waals surface area contributed by atoms with E-state index in [9.17, 15) is 14.9 Å². The van der Waals surface area contributed by atoms with Crippen molar-refractivity contribution in [3.05, 3.63) is 33.4 Å². The highest BCUT2D eigenvalue weighted by Gasteiger charge is 2.30. The molecular formula is C14H18N2O5. The van der Waals surface area contributed by atoms with Crippen LogP contribution in [0.25, 0.3) is 0 Å². The largest absolute Gasteiger partial charge is 0.490 e. The van der Waals surface area contributed by atoms with Crippen LogP contribution in [0.4, 0.5) is 10.5 Å². The quantitative estimate of drug-likeness (QED) is 0.618. The van der Waals surface area contributed by atoms with Crippen molar-refractivity contribution in [2.75, 3.05) is 7.11 Å². The number of hydrogen-bond acceptors (Lipinski definition) is 5. The summed E-state index contributed by atoms with van der Waals surface area (Å²) in [7, 11) is 1.38. The lowest BCUT2D eigenvalue weighted by atomic mass is 10.1. The lowest BCUT2D eigenvalue weighted by Crippen LogP contribution is -2.33. The molecule has 1 aliphatic rings. The molecule has 0 atom stereocenters. The number of nitrogens with zero attached hydrogens (tertiary/aromatic N) is 2. The molecule has 21 heavy (non-hydrogen) atoms. The fourth-order valence-corrected chi connectivity index (χ4v) is 2.18. The van der Waals surface area contributed by atoms with Gasteiger partial charge in [0, 0.05) is 19.2 Å². The summed E-state index contributed by atoms with van der Waals surface area (Å²) in [5.74, 6) is 0.199. The van der Waals surface area contributed by atoms with Gasteiger partial charge in [-0.3, -0.25) is 15.0 Å². The van der Waals surface area contributed by atoms with Crippen LogP contribution in [0.2, 0.25) is 0 Å². The van der Waals surface area contributed by atoms with Crippen LogP contribution in [0.5, 0.6) is 5.75 Å². The minimum Gasteiger partial charge on any atom is -0.490 e. The number of carbonyl (C=O) groups is 1. The van der Waals surface area contributed by atoms with Gasteiger partial charge in [0.2, 0.25) is 0 Å². The minimum absolute atomic E-state index is 0.0951. The van der Waals surface area contributed by atoms with Crippen molar-refractivity contribution in [2.24, 2.45) is 0 Å². The third kappa shape index (κ3) is 3.24. The van der Waals surface area contributed by atoms with Gasteiger partial charge in [-0.1, -0.05) is 0 Å². The monoisotopic (exact) mass is 294 g/mol. The Morgan fingerprint density at radius 1 is 1.29 bits per heavy atom. The van der Waals surface area contributed by atoms with Gasteiger partial charge in [-0.05, 0) is 38.0 Å². The summed E-state index contributed by atoms with van der Waals surface area (Å²) in [6.07, 6.45) is -0.430. The van der Waals surface area contributed by atoms with Crippen LogP contribution in [0.15, 0.2) is 12.1 Å². The molecule has 0 radical (unpaired) electrons. The summed E-state index contributed by atoms with van der Waals surface area (Å²) in [5.41, 5.74) is 0.911. The smallest absolute Gasteiger partial charge is 0.410 e.